The van der Waals surface area contributed by atoms with Gasteiger partial charge in [0, 0.05) is 38.4 Å². The SMILES string of the molecule is CCCNC(=O)CN1CCN(CC(=O)Nc2c(C)cccc2C)CC1. The summed E-state index contributed by atoms with van der Waals surface area (Å²) < 4.78 is 0. The van der Waals surface area contributed by atoms with Crippen LogP contribution in [-0.4, -0.2) is 67.4 Å². The molecule has 1 heterocycles. The predicted octanol–water partition coefficient (Wildman–Crippen LogP) is 1.39. The molecule has 138 valence electrons. The molecule has 6 nitrogen and oxygen atoms in total. The Kier molecular flexibility index (Phi) is 7.40. The lowest BCUT2D eigenvalue weighted by Crippen LogP contribution is -2.51. The largest absolute Gasteiger partial charge is 0.355 e. The average molecular weight is 346 g/mol. The highest BCUT2D eigenvalue weighted by molar-refractivity contribution is 5.93. The first-order valence-electron chi connectivity index (χ1n) is 9.07. The van der Waals surface area contributed by atoms with E-state index in [1.54, 1.807) is 0 Å². The van der Waals surface area contributed by atoms with E-state index in [1.165, 1.54) is 0 Å². The number of nitrogens with zero attached hydrogens (tertiary/aromatic N) is 2. The zero-order valence-electron chi connectivity index (χ0n) is 15.6. The number of amides is 2. The minimum Gasteiger partial charge on any atom is -0.355 e. The van der Waals surface area contributed by atoms with Crippen LogP contribution in [0.15, 0.2) is 18.2 Å². The third-order valence-electron chi connectivity index (χ3n) is 4.52. The van der Waals surface area contributed by atoms with Gasteiger partial charge in [-0.25, -0.2) is 0 Å². The minimum absolute atomic E-state index is 0.0199. The molecule has 0 spiro atoms. The van der Waals surface area contributed by atoms with Crippen molar-refractivity contribution in [2.24, 2.45) is 0 Å². The van der Waals surface area contributed by atoms with Gasteiger partial charge in [0.25, 0.3) is 0 Å². The van der Waals surface area contributed by atoms with E-state index in [1.807, 2.05) is 39.0 Å². The van der Waals surface area contributed by atoms with E-state index in [9.17, 15) is 9.59 Å². The number of hydrogen-bond donors (Lipinski definition) is 2. The molecular formula is C19H30N4O2. The summed E-state index contributed by atoms with van der Waals surface area (Å²) in [6.07, 6.45) is 0.953. The Morgan fingerprint density at radius 2 is 1.48 bits per heavy atom. The molecule has 0 aromatic heterocycles. The van der Waals surface area contributed by atoms with Crippen molar-refractivity contribution in [3.8, 4) is 0 Å². The van der Waals surface area contributed by atoms with E-state index in [0.717, 1.165) is 56.0 Å². The van der Waals surface area contributed by atoms with Crippen LogP contribution in [0.25, 0.3) is 0 Å². The Morgan fingerprint density at radius 3 is 2.00 bits per heavy atom. The van der Waals surface area contributed by atoms with Crippen LogP contribution >= 0.6 is 0 Å². The van der Waals surface area contributed by atoms with Gasteiger partial charge < -0.3 is 10.6 Å². The lowest BCUT2D eigenvalue weighted by atomic mass is 10.1. The summed E-state index contributed by atoms with van der Waals surface area (Å²) >= 11 is 0. The van der Waals surface area contributed by atoms with Gasteiger partial charge in [0.1, 0.15) is 0 Å². The molecule has 1 fully saturated rings. The van der Waals surface area contributed by atoms with E-state index in [4.69, 9.17) is 0 Å². The number of piperazine rings is 1. The summed E-state index contributed by atoms with van der Waals surface area (Å²) in [5, 5.41) is 5.94. The van der Waals surface area contributed by atoms with Gasteiger partial charge in [0.05, 0.1) is 13.1 Å². The van der Waals surface area contributed by atoms with E-state index < -0.39 is 0 Å². The molecule has 1 aromatic carbocycles. The highest BCUT2D eigenvalue weighted by atomic mass is 16.2. The molecule has 1 aromatic rings. The van der Waals surface area contributed by atoms with Crippen LogP contribution in [0.3, 0.4) is 0 Å². The summed E-state index contributed by atoms with van der Waals surface area (Å²) in [7, 11) is 0. The highest BCUT2D eigenvalue weighted by Gasteiger charge is 2.20. The van der Waals surface area contributed by atoms with Crippen LogP contribution < -0.4 is 10.6 Å². The first-order valence-corrected chi connectivity index (χ1v) is 9.07. The molecule has 0 radical (unpaired) electrons. The average Bonchev–Trinajstić information content (AvgIpc) is 2.58. The van der Waals surface area contributed by atoms with Gasteiger partial charge in [0.15, 0.2) is 0 Å². The fraction of sp³-hybridized carbons (Fsp3) is 0.579. The fourth-order valence-corrected chi connectivity index (χ4v) is 3.02. The number of rotatable bonds is 7. The zero-order valence-corrected chi connectivity index (χ0v) is 15.6. The third-order valence-corrected chi connectivity index (χ3v) is 4.52. The molecule has 0 atom stereocenters. The molecule has 0 saturated carbocycles. The lowest BCUT2D eigenvalue weighted by Gasteiger charge is -2.33. The molecule has 25 heavy (non-hydrogen) atoms. The van der Waals surface area contributed by atoms with Gasteiger partial charge in [0.2, 0.25) is 11.8 Å². The molecule has 6 heteroatoms. The molecule has 2 amide bonds. The quantitative estimate of drug-likeness (QED) is 0.783. The Balaban J connectivity index is 1.74. The molecule has 2 rings (SSSR count). The maximum atomic E-state index is 12.3. The predicted molar refractivity (Wildman–Crippen MR) is 101 cm³/mol. The smallest absolute Gasteiger partial charge is 0.238 e. The van der Waals surface area contributed by atoms with Crippen molar-refractivity contribution in [2.75, 3.05) is 51.1 Å². The Labute approximate surface area is 150 Å². The monoisotopic (exact) mass is 346 g/mol. The summed E-state index contributed by atoms with van der Waals surface area (Å²) in [4.78, 5) is 28.4. The molecular weight excluding hydrogens is 316 g/mol. The van der Waals surface area contributed by atoms with Gasteiger partial charge >= 0.3 is 0 Å². The van der Waals surface area contributed by atoms with Crippen molar-refractivity contribution in [3.05, 3.63) is 29.3 Å². The van der Waals surface area contributed by atoms with Gasteiger partial charge in [-0.1, -0.05) is 25.1 Å². The highest BCUT2D eigenvalue weighted by Crippen LogP contribution is 2.19. The number of hydrogen-bond acceptors (Lipinski definition) is 4. The summed E-state index contributed by atoms with van der Waals surface area (Å²) in [6, 6.07) is 6.01. The molecule has 2 N–H and O–H groups in total. The van der Waals surface area contributed by atoms with Gasteiger partial charge in [-0.3, -0.25) is 19.4 Å². The second kappa shape index (κ2) is 9.53. The topological polar surface area (TPSA) is 64.7 Å². The van der Waals surface area contributed by atoms with Crippen molar-refractivity contribution in [3.63, 3.8) is 0 Å². The Morgan fingerprint density at radius 1 is 0.960 bits per heavy atom. The summed E-state index contributed by atoms with van der Waals surface area (Å²) in [6.45, 7) is 10.9. The van der Waals surface area contributed by atoms with Crippen LogP contribution in [-0.2, 0) is 9.59 Å². The van der Waals surface area contributed by atoms with Crippen molar-refractivity contribution in [2.45, 2.75) is 27.2 Å². The standard InChI is InChI=1S/C19H30N4O2/c1-4-8-20-17(24)13-22-9-11-23(12-10-22)14-18(25)21-19-15(2)6-5-7-16(19)3/h5-7H,4,8-14H2,1-3H3,(H,20,24)(H,21,25). The molecule has 1 aliphatic heterocycles. The van der Waals surface area contributed by atoms with Gasteiger partial charge in [-0.15, -0.1) is 0 Å². The maximum Gasteiger partial charge on any atom is 0.238 e. The molecule has 0 unspecified atom stereocenters. The summed E-state index contributed by atoms with van der Waals surface area (Å²) in [5.41, 5.74) is 3.08. The van der Waals surface area contributed by atoms with Crippen LogP contribution in [0.5, 0.6) is 0 Å². The van der Waals surface area contributed by atoms with Crippen LogP contribution in [0, 0.1) is 13.8 Å². The van der Waals surface area contributed by atoms with E-state index in [-0.39, 0.29) is 11.8 Å². The van der Waals surface area contributed by atoms with Crippen molar-refractivity contribution < 1.29 is 9.59 Å². The van der Waals surface area contributed by atoms with Gasteiger partial charge in [-0.2, -0.15) is 0 Å². The number of carbonyl (C=O) groups is 2. The van der Waals surface area contributed by atoms with Crippen molar-refractivity contribution >= 4 is 17.5 Å². The van der Waals surface area contributed by atoms with Crippen LogP contribution in [0.2, 0.25) is 0 Å². The Hall–Kier alpha value is -1.92. The van der Waals surface area contributed by atoms with Crippen LogP contribution in [0.4, 0.5) is 5.69 Å². The van der Waals surface area contributed by atoms with Crippen LogP contribution in [0.1, 0.15) is 24.5 Å². The maximum absolute atomic E-state index is 12.3. The van der Waals surface area contributed by atoms with E-state index in [2.05, 4.69) is 20.4 Å². The summed E-state index contributed by atoms with van der Waals surface area (Å²) in [5.74, 6) is 0.106. The first-order chi connectivity index (χ1) is 12.0. The first kappa shape index (κ1) is 19.4. The number of carbonyl (C=O) groups excluding carboxylic acids is 2. The molecule has 0 bridgehead atoms. The normalized spacial score (nSPS) is 15.8. The second-order valence-electron chi connectivity index (χ2n) is 6.72. The van der Waals surface area contributed by atoms with Crippen molar-refractivity contribution in [1.29, 1.82) is 0 Å². The number of nitrogens with one attached hydrogen (secondary N) is 2. The molecule has 1 saturated heterocycles. The molecule has 1 aliphatic rings. The Bertz CT molecular complexity index is 575. The zero-order chi connectivity index (χ0) is 18.2. The second-order valence-corrected chi connectivity index (χ2v) is 6.72. The third kappa shape index (κ3) is 6.14. The fourth-order valence-electron chi connectivity index (χ4n) is 3.02. The number of para-hydroxylation sites is 1. The number of benzene rings is 1. The van der Waals surface area contributed by atoms with Crippen molar-refractivity contribution in [1.82, 2.24) is 15.1 Å². The molecule has 0 aliphatic carbocycles. The number of aryl methyl sites for hydroxylation is 2. The minimum atomic E-state index is 0.0199. The van der Waals surface area contributed by atoms with E-state index >= 15 is 0 Å². The van der Waals surface area contributed by atoms with Gasteiger partial charge in [-0.05, 0) is 31.4 Å². The lowest BCUT2D eigenvalue weighted by molar-refractivity contribution is -0.123. The van der Waals surface area contributed by atoms with E-state index in [0.29, 0.717) is 13.1 Å². The number of anilines is 1.